The molecule has 0 radical (unpaired) electrons. The second-order valence-electron chi connectivity index (χ2n) is 6.60. The van der Waals surface area contributed by atoms with Gasteiger partial charge in [-0.05, 0) is 38.0 Å². The van der Waals surface area contributed by atoms with E-state index in [0.29, 0.717) is 30.2 Å². The van der Waals surface area contributed by atoms with Crippen molar-refractivity contribution in [3.8, 4) is 11.3 Å². The first-order valence-electron chi connectivity index (χ1n) is 8.84. The predicted octanol–water partition coefficient (Wildman–Crippen LogP) is 1.91. The molecule has 0 aromatic carbocycles. The zero-order valence-corrected chi connectivity index (χ0v) is 14.9. The lowest BCUT2D eigenvalue weighted by Crippen LogP contribution is -2.40. The van der Waals surface area contributed by atoms with Gasteiger partial charge < -0.3 is 9.42 Å². The van der Waals surface area contributed by atoms with Crippen LogP contribution in [0.25, 0.3) is 11.3 Å². The Labute approximate surface area is 155 Å². The summed E-state index contributed by atoms with van der Waals surface area (Å²) in [5, 5.41) is 8.28. The van der Waals surface area contributed by atoms with Crippen LogP contribution >= 0.6 is 0 Å². The largest absolute Gasteiger partial charge is 0.361 e. The van der Waals surface area contributed by atoms with E-state index in [0.717, 1.165) is 18.4 Å². The van der Waals surface area contributed by atoms with Crippen molar-refractivity contribution in [1.29, 1.82) is 0 Å². The first-order chi connectivity index (χ1) is 13.1. The number of carbonyl (C=O) groups excluding carboxylic acids is 1. The van der Waals surface area contributed by atoms with Crippen LogP contribution in [0.15, 0.2) is 52.0 Å². The lowest BCUT2D eigenvalue weighted by molar-refractivity contribution is 0.0710. The molecule has 4 rings (SSSR count). The average Bonchev–Trinajstić information content (AvgIpc) is 3.33. The van der Waals surface area contributed by atoms with Gasteiger partial charge in [-0.2, -0.15) is 5.10 Å². The third-order valence-corrected chi connectivity index (χ3v) is 4.69. The molecule has 0 spiro atoms. The Bertz CT molecular complexity index is 1010. The van der Waals surface area contributed by atoms with Crippen LogP contribution in [0.3, 0.4) is 0 Å². The van der Waals surface area contributed by atoms with Crippen molar-refractivity contribution in [2.75, 3.05) is 6.54 Å². The average molecular weight is 365 g/mol. The fourth-order valence-corrected chi connectivity index (χ4v) is 3.35. The minimum absolute atomic E-state index is 0.108. The van der Waals surface area contributed by atoms with Crippen molar-refractivity contribution in [3.05, 3.63) is 64.5 Å². The lowest BCUT2D eigenvalue weighted by atomic mass is 10.2. The van der Waals surface area contributed by atoms with Gasteiger partial charge >= 0.3 is 0 Å². The normalized spacial score (nSPS) is 16.6. The van der Waals surface area contributed by atoms with Gasteiger partial charge in [-0.15, -0.1) is 0 Å². The summed E-state index contributed by atoms with van der Waals surface area (Å²) in [5.74, 6) is 0.418. The molecule has 1 amide bonds. The highest BCUT2D eigenvalue weighted by atomic mass is 16.5. The molecule has 1 aliphatic rings. The third kappa shape index (κ3) is 3.51. The Kier molecular flexibility index (Phi) is 4.53. The number of likely N-dealkylation sites (tertiary alicyclic amines) is 1. The third-order valence-electron chi connectivity index (χ3n) is 4.69. The van der Waals surface area contributed by atoms with Crippen molar-refractivity contribution in [2.24, 2.45) is 0 Å². The molecule has 3 aromatic rings. The lowest BCUT2D eigenvalue weighted by Gasteiger charge is -2.24. The van der Waals surface area contributed by atoms with Crippen molar-refractivity contribution in [3.63, 3.8) is 0 Å². The molecule has 4 heterocycles. The Balaban J connectivity index is 1.58. The number of aromatic nitrogens is 4. The summed E-state index contributed by atoms with van der Waals surface area (Å²) in [6, 6.07) is 8.42. The number of carbonyl (C=O) groups is 1. The van der Waals surface area contributed by atoms with E-state index in [-0.39, 0.29) is 17.5 Å². The van der Waals surface area contributed by atoms with E-state index in [4.69, 9.17) is 4.52 Å². The summed E-state index contributed by atoms with van der Waals surface area (Å²) in [7, 11) is 0. The van der Waals surface area contributed by atoms with Crippen molar-refractivity contribution < 1.29 is 9.32 Å². The Hall–Kier alpha value is -3.29. The molecule has 8 nitrogen and oxygen atoms in total. The number of pyridine rings is 1. The molecule has 1 aliphatic heterocycles. The van der Waals surface area contributed by atoms with Crippen molar-refractivity contribution >= 4 is 5.91 Å². The number of rotatable bonds is 4. The number of hydrogen-bond donors (Lipinski definition) is 0. The highest BCUT2D eigenvalue weighted by molar-refractivity contribution is 5.92. The molecular weight excluding hydrogens is 346 g/mol. The fourth-order valence-electron chi connectivity index (χ4n) is 3.35. The summed E-state index contributed by atoms with van der Waals surface area (Å²) in [6.07, 6.45) is 5.08. The summed E-state index contributed by atoms with van der Waals surface area (Å²) in [4.78, 5) is 30.9. The van der Waals surface area contributed by atoms with Gasteiger partial charge in [0, 0.05) is 36.6 Å². The van der Waals surface area contributed by atoms with Crippen LogP contribution < -0.4 is 5.56 Å². The fraction of sp³-hybridized carbons (Fsp3) is 0.316. The van der Waals surface area contributed by atoms with E-state index < -0.39 is 0 Å². The maximum atomic E-state index is 12.7. The zero-order chi connectivity index (χ0) is 18.8. The summed E-state index contributed by atoms with van der Waals surface area (Å²) < 4.78 is 6.43. The zero-order valence-electron chi connectivity index (χ0n) is 14.9. The summed E-state index contributed by atoms with van der Waals surface area (Å²) in [5.41, 5.74) is 1.61. The van der Waals surface area contributed by atoms with Gasteiger partial charge in [0.1, 0.15) is 5.76 Å². The number of amides is 1. The van der Waals surface area contributed by atoms with Gasteiger partial charge in [-0.1, -0.05) is 5.16 Å². The maximum Gasteiger partial charge on any atom is 0.276 e. The monoisotopic (exact) mass is 365 g/mol. The standard InChI is InChI=1S/C19H19N5O3/c1-13-10-17(22-27-13)19(26)23-9-3-5-15(23)12-24-18(25)7-6-16(21-24)14-4-2-8-20-11-14/h2,4,6-8,10-11,15H,3,5,9,12H2,1H3. The highest BCUT2D eigenvalue weighted by Crippen LogP contribution is 2.21. The predicted molar refractivity (Wildman–Crippen MR) is 97.0 cm³/mol. The molecular formula is C19H19N5O3. The van der Waals surface area contributed by atoms with Crippen LogP contribution in [0.2, 0.25) is 0 Å². The number of nitrogens with zero attached hydrogens (tertiary/aromatic N) is 5. The van der Waals surface area contributed by atoms with Gasteiger partial charge in [0.25, 0.3) is 11.5 Å². The smallest absolute Gasteiger partial charge is 0.276 e. The molecule has 0 N–H and O–H groups in total. The van der Waals surface area contributed by atoms with Crippen LogP contribution in [-0.4, -0.2) is 43.3 Å². The molecule has 1 fully saturated rings. The van der Waals surface area contributed by atoms with Gasteiger partial charge in [-0.25, -0.2) is 4.68 Å². The molecule has 3 aromatic heterocycles. The van der Waals surface area contributed by atoms with Gasteiger partial charge in [-0.3, -0.25) is 14.6 Å². The second-order valence-corrected chi connectivity index (χ2v) is 6.60. The van der Waals surface area contributed by atoms with Crippen LogP contribution in [0.4, 0.5) is 0 Å². The van der Waals surface area contributed by atoms with E-state index in [1.165, 1.54) is 10.7 Å². The Morgan fingerprint density at radius 3 is 2.96 bits per heavy atom. The topological polar surface area (TPSA) is 94.1 Å². The minimum atomic E-state index is -0.195. The summed E-state index contributed by atoms with van der Waals surface area (Å²) >= 11 is 0. The number of aryl methyl sites for hydroxylation is 1. The van der Waals surface area contributed by atoms with Gasteiger partial charge in [0.15, 0.2) is 5.69 Å². The molecule has 0 aliphatic carbocycles. The molecule has 27 heavy (non-hydrogen) atoms. The van der Waals surface area contributed by atoms with E-state index in [1.54, 1.807) is 36.4 Å². The maximum absolute atomic E-state index is 12.7. The molecule has 1 unspecified atom stereocenters. The molecule has 0 bridgehead atoms. The molecule has 8 heteroatoms. The minimum Gasteiger partial charge on any atom is -0.361 e. The Morgan fingerprint density at radius 1 is 1.33 bits per heavy atom. The summed E-state index contributed by atoms with van der Waals surface area (Å²) in [6.45, 7) is 2.72. The van der Waals surface area contributed by atoms with Crippen LogP contribution in [0.1, 0.15) is 29.1 Å². The van der Waals surface area contributed by atoms with Crippen LogP contribution in [0.5, 0.6) is 0 Å². The number of hydrogen-bond acceptors (Lipinski definition) is 6. The van der Waals surface area contributed by atoms with Gasteiger partial charge in [0.05, 0.1) is 18.3 Å². The van der Waals surface area contributed by atoms with Crippen LogP contribution in [0, 0.1) is 6.92 Å². The molecule has 1 saturated heterocycles. The van der Waals surface area contributed by atoms with Crippen LogP contribution in [-0.2, 0) is 6.54 Å². The van der Waals surface area contributed by atoms with E-state index in [9.17, 15) is 9.59 Å². The quantitative estimate of drug-likeness (QED) is 0.701. The van der Waals surface area contributed by atoms with Crippen molar-refractivity contribution in [2.45, 2.75) is 32.4 Å². The van der Waals surface area contributed by atoms with E-state index in [2.05, 4.69) is 15.2 Å². The molecule has 1 atom stereocenters. The van der Waals surface area contributed by atoms with Gasteiger partial charge in [0.2, 0.25) is 0 Å². The second kappa shape index (κ2) is 7.14. The Morgan fingerprint density at radius 2 is 2.22 bits per heavy atom. The first-order valence-corrected chi connectivity index (χ1v) is 8.84. The SMILES string of the molecule is Cc1cc(C(=O)N2CCCC2Cn2nc(-c3cccnc3)ccc2=O)no1. The first kappa shape index (κ1) is 17.1. The van der Waals surface area contributed by atoms with Crippen molar-refractivity contribution in [1.82, 2.24) is 24.8 Å². The molecule has 0 saturated carbocycles. The van der Waals surface area contributed by atoms with E-state index in [1.807, 2.05) is 12.1 Å². The molecule has 138 valence electrons. The highest BCUT2D eigenvalue weighted by Gasteiger charge is 2.31. The van der Waals surface area contributed by atoms with E-state index >= 15 is 0 Å².